The van der Waals surface area contributed by atoms with Gasteiger partial charge in [0.25, 0.3) is 0 Å². The summed E-state index contributed by atoms with van der Waals surface area (Å²) in [6, 6.07) is 4.62. The molecule has 4 unspecified atom stereocenters. The third kappa shape index (κ3) is 2.20. The van der Waals surface area contributed by atoms with Crippen LogP contribution in [0.25, 0.3) is 0 Å². The van der Waals surface area contributed by atoms with Gasteiger partial charge in [0.1, 0.15) is 35.4 Å². The molecular weight excluding hydrogens is 276 g/mol. The fourth-order valence-electron chi connectivity index (χ4n) is 1.79. The van der Waals surface area contributed by atoms with Gasteiger partial charge in [-0.1, -0.05) is 0 Å². The van der Waals surface area contributed by atoms with Crippen molar-refractivity contribution in [1.29, 1.82) is 21.0 Å². The summed E-state index contributed by atoms with van der Waals surface area (Å²) in [7, 11) is 0. The van der Waals surface area contributed by atoms with E-state index in [1.54, 1.807) is 0 Å². The van der Waals surface area contributed by atoms with Crippen molar-refractivity contribution < 1.29 is 17.6 Å². The Morgan fingerprint density at radius 1 is 0.600 bits per heavy atom. The molecule has 0 heterocycles. The largest absolute Gasteiger partial charge is 0.239 e. The molecule has 1 fully saturated rings. The highest BCUT2D eigenvalue weighted by atomic mass is 19.2. The minimum atomic E-state index is -2.81. The van der Waals surface area contributed by atoms with E-state index >= 15 is 0 Å². The van der Waals surface area contributed by atoms with E-state index in [0.29, 0.717) is 0 Å². The molecule has 1 aliphatic rings. The van der Waals surface area contributed by atoms with Crippen LogP contribution < -0.4 is 0 Å². The summed E-state index contributed by atoms with van der Waals surface area (Å²) >= 11 is 0. The lowest BCUT2D eigenvalue weighted by Gasteiger charge is -2.31. The SMILES string of the molecule is N#CC(C#N)=C1C(F)C(F)C(=C(C#N)C#N)C(F)C1F. The van der Waals surface area contributed by atoms with E-state index < -0.39 is 47.0 Å². The zero-order valence-corrected chi connectivity index (χ0v) is 9.61. The van der Waals surface area contributed by atoms with Gasteiger partial charge in [0.05, 0.1) is 0 Å². The highest BCUT2D eigenvalue weighted by Gasteiger charge is 2.49. The summed E-state index contributed by atoms with van der Waals surface area (Å²) in [6.45, 7) is 0. The summed E-state index contributed by atoms with van der Waals surface area (Å²) in [6.07, 6.45) is -11.2. The van der Waals surface area contributed by atoms with Gasteiger partial charge in [0, 0.05) is 11.1 Å². The van der Waals surface area contributed by atoms with E-state index in [-0.39, 0.29) is 0 Å². The molecular formula is C12H4F4N4. The van der Waals surface area contributed by atoms with Crippen molar-refractivity contribution in [2.24, 2.45) is 0 Å². The molecule has 1 aliphatic carbocycles. The summed E-state index contributed by atoms with van der Waals surface area (Å²) in [5.41, 5.74) is -4.61. The summed E-state index contributed by atoms with van der Waals surface area (Å²) in [4.78, 5) is 0. The van der Waals surface area contributed by atoms with Crippen LogP contribution in [-0.2, 0) is 0 Å². The van der Waals surface area contributed by atoms with Crippen LogP contribution in [0.5, 0.6) is 0 Å². The molecule has 0 aliphatic heterocycles. The lowest BCUT2D eigenvalue weighted by Crippen LogP contribution is -2.43. The van der Waals surface area contributed by atoms with Crippen LogP contribution in [0.4, 0.5) is 17.6 Å². The summed E-state index contributed by atoms with van der Waals surface area (Å²) < 4.78 is 55.1. The number of allylic oxidation sites excluding steroid dienone is 4. The molecule has 4 nitrogen and oxygen atoms in total. The highest BCUT2D eigenvalue weighted by molar-refractivity contribution is 5.52. The van der Waals surface area contributed by atoms with Gasteiger partial charge in [-0.05, 0) is 0 Å². The van der Waals surface area contributed by atoms with Gasteiger partial charge in [0.15, 0.2) is 24.7 Å². The summed E-state index contributed by atoms with van der Waals surface area (Å²) in [5.74, 6) is 0. The Morgan fingerprint density at radius 3 is 0.950 bits per heavy atom. The predicted octanol–water partition coefficient (Wildman–Crippen LogP) is 2.04. The molecule has 0 amide bonds. The van der Waals surface area contributed by atoms with Gasteiger partial charge in [-0.2, -0.15) is 21.0 Å². The van der Waals surface area contributed by atoms with Crippen LogP contribution in [0.2, 0.25) is 0 Å². The van der Waals surface area contributed by atoms with Crippen molar-refractivity contribution in [2.45, 2.75) is 24.7 Å². The quantitative estimate of drug-likeness (QED) is 0.501. The second-order valence-electron chi connectivity index (χ2n) is 3.71. The number of nitrogens with zero attached hydrogens (tertiary/aromatic N) is 4. The molecule has 100 valence electrons. The van der Waals surface area contributed by atoms with E-state index in [2.05, 4.69) is 0 Å². The van der Waals surface area contributed by atoms with Gasteiger partial charge in [-0.25, -0.2) is 17.6 Å². The molecule has 0 aromatic carbocycles. The van der Waals surface area contributed by atoms with Gasteiger partial charge >= 0.3 is 0 Å². The molecule has 20 heavy (non-hydrogen) atoms. The fourth-order valence-corrected chi connectivity index (χ4v) is 1.79. The molecule has 0 spiro atoms. The fraction of sp³-hybridized carbons (Fsp3) is 0.333. The van der Waals surface area contributed by atoms with Gasteiger partial charge in [-0.15, -0.1) is 0 Å². The molecule has 0 N–H and O–H groups in total. The minimum Gasteiger partial charge on any atom is -0.239 e. The van der Waals surface area contributed by atoms with E-state index in [0.717, 1.165) is 24.3 Å². The van der Waals surface area contributed by atoms with Gasteiger partial charge < -0.3 is 0 Å². The van der Waals surface area contributed by atoms with Crippen molar-refractivity contribution >= 4 is 0 Å². The number of rotatable bonds is 0. The first-order valence-electron chi connectivity index (χ1n) is 5.09. The van der Waals surface area contributed by atoms with Crippen LogP contribution in [0.1, 0.15) is 0 Å². The third-order valence-electron chi connectivity index (χ3n) is 2.73. The first-order valence-corrected chi connectivity index (χ1v) is 5.09. The van der Waals surface area contributed by atoms with Gasteiger partial charge in [-0.3, -0.25) is 0 Å². The Morgan fingerprint density at radius 2 is 0.800 bits per heavy atom. The van der Waals surface area contributed by atoms with Crippen molar-refractivity contribution in [2.75, 3.05) is 0 Å². The zero-order valence-electron chi connectivity index (χ0n) is 9.61. The topological polar surface area (TPSA) is 95.2 Å². The van der Waals surface area contributed by atoms with Crippen molar-refractivity contribution in [3.8, 4) is 24.3 Å². The lowest BCUT2D eigenvalue weighted by molar-refractivity contribution is 0.111. The lowest BCUT2D eigenvalue weighted by atomic mass is 9.80. The van der Waals surface area contributed by atoms with Crippen LogP contribution in [0.3, 0.4) is 0 Å². The maximum atomic E-state index is 13.8. The normalized spacial score (nSPS) is 28.6. The van der Waals surface area contributed by atoms with Crippen molar-refractivity contribution in [1.82, 2.24) is 0 Å². The Kier molecular flexibility index (Phi) is 4.46. The molecule has 8 heteroatoms. The molecule has 0 aromatic heterocycles. The maximum Gasteiger partial charge on any atom is 0.161 e. The molecule has 0 aromatic rings. The smallest absolute Gasteiger partial charge is 0.161 e. The Labute approximate surface area is 111 Å². The number of hydrogen-bond acceptors (Lipinski definition) is 4. The maximum absolute atomic E-state index is 13.8. The Hall–Kier alpha value is -2.84. The number of halogens is 4. The monoisotopic (exact) mass is 280 g/mol. The Bertz CT molecular complexity index is 543. The molecule has 0 radical (unpaired) electrons. The standard InChI is InChI=1S/C12H4F4N4/c13-9-7(5(1-17)2-18)10(14)12(16)8(11(9)15)6(3-19)4-20/h9-12H. The third-order valence-corrected chi connectivity index (χ3v) is 2.73. The number of alkyl halides is 4. The minimum absolute atomic E-state index is 1.06. The summed E-state index contributed by atoms with van der Waals surface area (Å²) in [5, 5.41) is 34.1. The average molecular weight is 280 g/mol. The predicted molar refractivity (Wildman–Crippen MR) is 56.1 cm³/mol. The van der Waals surface area contributed by atoms with Crippen LogP contribution in [0.15, 0.2) is 22.3 Å². The number of hydrogen-bond donors (Lipinski definition) is 0. The highest BCUT2D eigenvalue weighted by Crippen LogP contribution is 2.39. The average Bonchev–Trinajstić information content (AvgIpc) is 2.46. The molecule has 1 saturated carbocycles. The van der Waals surface area contributed by atoms with Crippen LogP contribution in [0, 0.1) is 45.3 Å². The first kappa shape index (κ1) is 15.2. The first-order chi connectivity index (χ1) is 9.44. The molecule has 0 saturated heterocycles. The zero-order chi connectivity index (χ0) is 15.4. The second-order valence-corrected chi connectivity index (χ2v) is 3.71. The van der Waals surface area contributed by atoms with E-state index in [1.807, 2.05) is 0 Å². The van der Waals surface area contributed by atoms with Crippen molar-refractivity contribution in [3.05, 3.63) is 22.3 Å². The van der Waals surface area contributed by atoms with Crippen LogP contribution in [-0.4, -0.2) is 24.7 Å². The Balaban J connectivity index is 3.55. The molecule has 4 atom stereocenters. The van der Waals surface area contributed by atoms with E-state index in [1.165, 1.54) is 0 Å². The second kappa shape index (κ2) is 5.87. The molecule has 0 bridgehead atoms. The number of nitriles is 4. The van der Waals surface area contributed by atoms with Crippen LogP contribution >= 0.6 is 0 Å². The van der Waals surface area contributed by atoms with Crippen molar-refractivity contribution in [3.63, 3.8) is 0 Å². The van der Waals surface area contributed by atoms with E-state index in [4.69, 9.17) is 21.0 Å². The molecule has 1 rings (SSSR count). The van der Waals surface area contributed by atoms with E-state index in [9.17, 15) is 17.6 Å². The van der Waals surface area contributed by atoms with Gasteiger partial charge in [0.2, 0.25) is 0 Å².